The number of amides is 1. The van der Waals surface area contributed by atoms with Crippen LogP contribution in [0.5, 0.6) is 11.5 Å². The van der Waals surface area contributed by atoms with Crippen LogP contribution in [0.2, 0.25) is 0 Å². The smallest absolute Gasteiger partial charge is 0.255 e. The molecule has 2 N–H and O–H groups in total. The van der Waals surface area contributed by atoms with Gasteiger partial charge in [-0.15, -0.1) is 0 Å². The highest BCUT2D eigenvalue weighted by Crippen LogP contribution is 2.28. The molecule has 1 heterocycles. The number of nitrogens with zero attached hydrogens (tertiary/aromatic N) is 2. The minimum Gasteiger partial charge on any atom is -0.493 e. The van der Waals surface area contributed by atoms with Gasteiger partial charge in [0.2, 0.25) is 0 Å². The molecule has 1 amide bonds. The molecule has 0 saturated heterocycles. The maximum atomic E-state index is 12.6. The van der Waals surface area contributed by atoms with E-state index in [1.165, 1.54) is 13.4 Å². The van der Waals surface area contributed by atoms with E-state index in [2.05, 4.69) is 20.6 Å². The van der Waals surface area contributed by atoms with Gasteiger partial charge in [-0.25, -0.2) is 9.97 Å². The molecule has 3 aromatic carbocycles. The van der Waals surface area contributed by atoms with Crippen molar-refractivity contribution in [2.75, 3.05) is 24.9 Å². The summed E-state index contributed by atoms with van der Waals surface area (Å²) in [4.78, 5) is 21.2. The first-order valence-electron chi connectivity index (χ1n) is 9.94. The predicted molar refractivity (Wildman–Crippen MR) is 125 cm³/mol. The molecule has 1 aromatic heterocycles. The second-order valence-corrected chi connectivity index (χ2v) is 6.88. The van der Waals surface area contributed by atoms with E-state index in [0.29, 0.717) is 28.6 Å². The monoisotopic (exact) mass is 426 g/mol. The Kier molecular flexibility index (Phi) is 6.27. The first-order chi connectivity index (χ1) is 15.7. The number of nitrogens with one attached hydrogen (secondary N) is 2. The van der Waals surface area contributed by atoms with Gasteiger partial charge < -0.3 is 20.1 Å². The summed E-state index contributed by atoms with van der Waals surface area (Å²) in [5.74, 6) is 1.51. The van der Waals surface area contributed by atoms with Gasteiger partial charge in [0.25, 0.3) is 5.91 Å². The molecule has 0 saturated carbocycles. The summed E-state index contributed by atoms with van der Waals surface area (Å²) in [6.07, 6.45) is 1.53. The average molecular weight is 426 g/mol. The maximum Gasteiger partial charge on any atom is 0.255 e. The fraction of sp³-hybridized carbons (Fsp3) is 0.0800. The summed E-state index contributed by atoms with van der Waals surface area (Å²) in [6, 6.07) is 24.2. The van der Waals surface area contributed by atoms with E-state index >= 15 is 0 Å². The van der Waals surface area contributed by atoms with E-state index in [9.17, 15) is 4.79 Å². The van der Waals surface area contributed by atoms with Gasteiger partial charge in [-0.3, -0.25) is 4.79 Å². The van der Waals surface area contributed by atoms with Crippen LogP contribution < -0.4 is 20.1 Å². The van der Waals surface area contributed by atoms with Crippen LogP contribution in [-0.2, 0) is 0 Å². The number of benzene rings is 3. The molecule has 0 fully saturated rings. The number of rotatable bonds is 7. The lowest BCUT2D eigenvalue weighted by atomic mass is 10.1. The fourth-order valence-corrected chi connectivity index (χ4v) is 3.16. The first-order valence-corrected chi connectivity index (χ1v) is 9.94. The lowest BCUT2D eigenvalue weighted by Gasteiger charge is -2.11. The molecule has 160 valence electrons. The van der Waals surface area contributed by atoms with Gasteiger partial charge in [0.1, 0.15) is 12.1 Å². The number of anilines is 3. The lowest BCUT2D eigenvalue weighted by molar-refractivity contribution is 0.102. The van der Waals surface area contributed by atoms with Gasteiger partial charge in [0.05, 0.1) is 19.9 Å². The Labute approximate surface area is 186 Å². The highest BCUT2D eigenvalue weighted by Gasteiger charge is 2.11. The van der Waals surface area contributed by atoms with Gasteiger partial charge in [0, 0.05) is 28.6 Å². The van der Waals surface area contributed by atoms with Crippen LogP contribution in [0.15, 0.2) is 85.2 Å². The quantitative estimate of drug-likeness (QED) is 0.425. The molecule has 0 unspecified atom stereocenters. The molecule has 0 spiro atoms. The highest BCUT2D eigenvalue weighted by molar-refractivity contribution is 6.04. The van der Waals surface area contributed by atoms with E-state index < -0.39 is 0 Å². The number of aromatic nitrogens is 2. The zero-order valence-electron chi connectivity index (χ0n) is 17.7. The van der Waals surface area contributed by atoms with Gasteiger partial charge in [-0.1, -0.05) is 30.3 Å². The van der Waals surface area contributed by atoms with Crippen LogP contribution in [0, 0.1) is 0 Å². The van der Waals surface area contributed by atoms with Crippen LogP contribution >= 0.6 is 0 Å². The van der Waals surface area contributed by atoms with E-state index in [-0.39, 0.29) is 5.91 Å². The third kappa shape index (κ3) is 4.84. The Bertz CT molecular complexity index is 1210. The molecule has 0 bridgehead atoms. The summed E-state index contributed by atoms with van der Waals surface area (Å²) < 4.78 is 10.5. The Morgan fingerprint density at radius 3 is 2.22 bits per heavy atom. The SMILES string of the molecule is COc1ccc(C(=O)Nc2ccc(Nc3cc(-c4ccccc4)ncn3)cc2)cc1OC. The van der Waals surface area contributed by atoms with E-state index in [1.807, 2.05) is 60.7 Å². The molecule has 0 atom stereocenters. The molecule has 0 aliphatic rings. The Hall–Kier alpha value is -4.39. The predicted octanol–water partition coefficient (Wildman–Crippen LogP) is 5.16. The van der Waals surface area contributed by atoms with Crippen molar-refractivity contribution in [2.45, 2.75) is 0 Å². The summed E-state index contributed by atoms with van der Waals surface area (Å²) in [6.45, 7) is 0. The average Bonchev–Trinajstić information content (AvgIpc) is 2.85. The maximum absolute atomic E-state index is 12.6. The topological polar surface area (TPSA) is 85.4 Å². The van der Waals surface area contributed by atoms with Gasteiger partial charge in [-0.2, -0.15) is 0 Å². The molecule has 0 aliphatic carbocycles. The zero-order valence-corrected chi connectivity index (χ0v) is 17.7. The number of carbonyl (C=O) groups is 1. The summed E-state index contributed by atoms with van der Waals surface area (Å²) in [7, 11) is 3.09. The van der Waals surface area contributed by atoms with Crippen molar-refractivity contribution >= 4 is 23.1 Å². The van der Waals surface area contributed by atoms with Gasteiger partial charge in [-0.05, 0) is 42.5 Å². The van der Waals surface area contributed by atoms with Crippen molar-refractivity contribution in [3.8, 4) is 22.8 Å². The molecule has 7 heteroatoms. The second-order valence-electron chi connectivity index (χ2n) is 6.88. The van der Waals surface area contributed by atoms with Crippen LogP contribution in [0.4, 0.5) is 17.2 Å². The van der Waals surface area contributed by atoms with Crippen LogP contribution in [0.3, 0.4) is 0 Å². The van der Waals surface area contributed by atoms with Crippen LogP contribution in [-0.4, -0.2) is 30.1 Å². The number of ether oxygens (including phenoxy) is 2. The second kappa shape index (κ2) is 9.61. The number of methoxy groups -OCH3 is 2. The van der Waals surface area contributed by atoms with Crippen molar-refractivity contribution in [3.63, 3.8) is 0 Å². The summed E-state index contributed by atoms with van der Waals surface area (Å²) >= 11 is 0. The Morgan fingerprint density at radius 2 is 1.50 bits per heavy atom. The third-order valence-corrected chi connectivity index (χ3v) is 4.80. The fourth-order valence-electron chi connectivity index (χ4n) is 3.16. The molecule has 4 aromatic rings. The standard InChI is InChI=1S/C25H22N4O3/c1-31-22-13-8-18(14-23(22)32-2)25(30)29-20-11-9-19(10-12-20)28-24-15-21(26-16-27-24)17-6-4-3-5-7-17/h3-16H,1-2H3,(H,29,30)(H,26,27,28). The molecule has 0 aliphatic heterocycles. The molecular weight excluding hydrogens is 404 g/mol. The van der Waals surface area contributed by atoms with Crippen molar-refractivity contribution in [1.29, 1.82) is 0 Å². The zero-order chi connectivity index (χ0) is 22.3. The molecular formula is C25H22N4O3. The Morgan fingerprint density at radius 1 is 0.781 bits per heavy atom. The van der Waals surface area contributed by atoms with Gasteiger partial charge >= 0.3 is 0 Å². The molecule has 4 rings (SSSR count). The largest absolute Gasteiger partial charge is 0.493 e. The molecule has 7 nitrogen and oxygen atoms in total. The van der Waals surface area contributed by atoms with E-state index in [0.717, 1.165) is 16.9 Å². The first kappa shape index (κ1) is 20.9. The van der Waals surface area contributed by atoms with E-state index in [4.69, 9.17) is 9.47 Å². The number of hydrogen-bond acceptors (Lipinski definition) is 6. The minimum absolute atomic E-state index is 0.241. The van der Waals surface area contributed by atoms with Crippen LogP contribution in [0.25, 0.3) is 11.3 Å². The molecule has 32 heavy (non-hydrogen) atoms. The van der Waals surface area contributed by atoms with E-state index in [1.54, 1.807) is 25.3 Å². The van der Waals surface area contributed by atoms with Gasteiger partial charge in [0.15, 0.2) is 11.5 Å². The van der Waals surface area contributed by atoms with Crippen molar-refractivity contribution in [1.82, 2.24) is 9.97 Å². The summed E-state index contributed by atoms with van der Waals surface area (Å²) in [5, 5.41) is 6.14. The minimum atomic E-state index is -0.241. The van der Waals surface area contributed by atoms with Crippen molar-refractivity contribution < 1.29 is 14.3 Å². The van der Waals surface area contributed by atoms with Crippen LogP contribution in [0.1, 0.15) is 10.4 Å². The lowest BCUT2D eigenvalue weighted by Crippen LogP contribution is -2.12. The molecule has 0 radical (unpaired) electrons. The Balaban J connectivity index is 1.43. The van der Waals surface area contributed by atoms with Crippen molar-refractivity contribution in [2.24, 2.45) is 0 Å². The highest BCUT2D eigenvalue weighted by atomic mass is 16.5. The van der Waals surface area contributed by atoms with Crippen molar-refractivity contribution in [3.05, 3.63) is 90.8 Å². The number of carbonyl (C=O) groups excluding carboxylic acids is 1. The normalized spacial score (nSPS) is 10.3. The number of hydrogen-bond donors (Lipinski definition) is 2. The third-order valence-electron chi connectivity index (χ3n) is 4.80. The summed E-state index contributed by atoms with van der Waals surface area (Å²) in [5.41, 5.74) is 3.84.